The summed E-state index contributed by atoms with van der Waals surface area (Å²) in [6.45, 7) is 0. The van der Waals surface area contributed by atoms with E-state index in [0.717, 1.165) is 5.88 Å². The number of hydrogen-bond donors (Lipinski definition) is 1. The first-order valence-corrected chi connectivity index (χ1v) is 3.48. The van der Waals surface area contributed by atoms with Gasteiger partial charge in [-0.3, -0.25) is 0 Å². The minimum Gasteiger partial charge on any atom is -0.244 e. The van der Waals surface area contributed by atoms with Gasteiger partial charge in [-0.1, -0.05) is 11.9 Å². The SMILES string of the molecule is CSN(C)CS. The van der Waals surface area contributed by atoms with Crippen molar-refractivity contribution in [3.63, 3.8) is 0 Å². The minimum atomic E-state index is 0.821. The number of thiol groups is 1. The molecular formula is C3H9NS2. The monoisotopic (exact) mass is 123 g/mol. The highest BCUT2D eigenvalue weighted by Crippen LogP contribution is 1.98. The van der Waals surface area contributed by atoms with Gasteiger partial charge < -0.3 is 0 Å². The van der Waals surface area contributed by atoms with E-state index < -0.39 is 0 Å². The Morgan fingerprint density at radius 3 is 2.33 bits per heavy atom. The summed E-state index contributed by atoms with van der Waals surface area (Å²) in [7, 11) is 2.00. The Labute approximate surface area is 48.6 Å². The van der Waals surface area contributed by atoms with Crippen molar-refractivity contribution in [2.45, 2.75) is 0 Å². The fraction of sp³-hybridized carbons (Fsp3) is 1.00. The van der Waals surface area contributed by atoms with Crippen molar-refractivity contribution < 1.29 is 0 Å². The first kappa shape index (κ1) is 6.66. The summed E-state index contributed by atoms with van der Waals surface area (Å²) in [4.78, 5) is 0. The molecule has 38 valence electrons. The molecular weight excluding hydrogens is 114 g/mol. The third-order valence-corrected chi connectivity index (χ3v) is 1.88. The molecule has 0 bridgehead atoms. The zero-order chi connectivity index (χ0) is 4.99. The Balaban J connectivity index is 2.75. The Hall–Kier alpha value is 0.660. The van der Waals surface area contributed by atoms with Crippen LogP contribution in [0.1, 0.15) is 0 Å². The van der Waals surface area contributed by atoms with E-state index in [4.69, 9.17) is 0 Å². The summed E-state index contributed by atoms with van der Waals surface area (Å²) >= 11 is 5.68. The molecule has 0 aromatic rings. The minimum absolute atomic E-state index is 0.821. The van der Waals surface area contributed by atoms with Crippen molar-refractivity contribution in [2.24, 2.45) is 0 Å². The molecule has 0 aromatic heterocycles. The van der Waals surface area contributed by atoms with E-state index in [-0.39, 0.29) is 0 Å². The van der Waals surface area contributed by atoms with Crippen LogP contribution in [0.4, 0.5) is 0 Å². The molecule has 0 heterocycles. The maximum absolute atomic E-state index is 4.00. The molecule has 0 aliphatic carbocycles. The van der Waals surface area contributed by atoms with Crippen molar-refractivity contribution in [1.29, 1.82) is 0 Å². The largest absolute Gasteiger partial charge is 0.244 e. The van der Waals surface area contributed by atoms with Gasteiger partial charge in [-0.2, -0.15) is 12.6 Å². The molecule has 0 spiro atoms. The second-order valence-corrected chi connectivity index (χ2v) is 2.22. The molecule has 0 aliphatic heterocycles. The molecule has 0 unspecified atom stereocenters. The Bertz CT molecular complexity index is 28.0. The van der Waals surface area contributed by atoms with Gasteiger partial charge >= 0.3 is 0 Å². The number of hydrogen-bond acceptors (Lipinski definition) is 3. The molecule has 6 heavy (non-hydrogen) atoms. The zero-order valence-corrected chi connectivity index (χ0v) is 5.72. The van der Waals surface area contributed by atoms with Gasteiger partial charge in [0.2, 0.25) is 0 Å². The third-order valence-electron chi connectivity index (χ3n) is 0.511. The van der Waals surface area contributed by atoms with Crippen LogP contribution < -0.4 is 0 Å². The second-order valence-electron chi connectivity index (χ2n) is 0.952. The fourth-order valence-corrected chi connectivity index (χ4v) is 0.520. The predicted molar refractivity (Wildman–Crippen MR) is 35.1 cm³/mol. The molecule has 0 amide bonds. The van der Waals surface area contributed by atoms with Crippen molar-refractivity contribution in [2.75, 3.05) is 19.2 Å². The first-order chi connectivity index (χ1) is 2.81. The van der Waals surface area contributed by atoms with Crippen molar-refractivity contribution in [3.05, 3.63) is 0 Å². The summed E-state index contributed by atoms with van der Waals surface area (Å²) in [6.07, 6.45) is 2.02. The quantitative estimate of drug-likeness (QED) is 0.332. The fourth-order valence-electron chi connectivity index (χ4n) is 0.0577. The topological polar surface area (TPSA) is 3.24 Å². The summed E-state index contributed by atoms with van der Waals surface area (Å²) in [5.41, 5.74) is 0. The maximum atomic E-state index is 4.00. The van der Waals surface area contributed by atoms with Crippen LogP contribution in [-0.2, 0) is 0 Å². The van der Waals surface area contributed by atoms with Crippen molar-refractivity contribution in [1.82, 2.24) is 4.31 Å². The van der Waals surface area contributed by atoms with E-state index in [9.17, 15) is 0 Å². The zero-order valence-electron chi connectivity index (χ0n) is 4.01. The van der Waals surface area contributed by atoms with Crippen LogP contribution in [0.3, 0.4) is 0 Å². The van der Waals surface area contributed by atoms with E-state index in [1.807, 2.05) is 17.6 Å². The first-order valence-electron chi connectivity index (χ1n) is 1.67. The van der Waals surface area contributed by atoms with Crippen molar-refractivity contribution in [3.8, 4) is 0 Å². The summed E-state index contributed by atoms with van der Waals surface area (Å²) < 4.78 is 2.03. The number of nitrogens with zero attached hydrogens (tertiary/aromatic N) is 1. The summed E-state index contributed by atoms with van der Waals surface area (Å²) in [5, 5.41) is 0. The Kier molecular flexibility index (Phi) is 4.26. The highest BCUT2D eigenvalue weighted by molar-refractivity contribution is 7.96. The standard InChI is InChI=1S/C3H9NS2/c1-4(3-5)6-2/h5H,3H2,1-2H3. The number of rotatable bonds is 2. The van der Waals surface area contributed by atoms with Crippen LogP contribution in [0.15, 0.2) is 0 Å². The maximum Gasteiger partial charge on any atom is 0.0513 e. The molecule has 0 atom stereocenters. The molecule has 0 saturated carbocycles. The van der Waals surface area contributed by atoms with Gasteiger partial charge in [-0.05, 0) is 13.3 Å². The van der Waals surface area contributed by atoms with E-state index in [1.165, 1.54) is 0 Å². The molecule has 0 saturated heterocycles. The lowest BCUT2D eigenvalue weighted by Crippen LogP contribution is -2.03. The predicted octanol–water partition coefficient (Wildman–Crippen LogP) is 1.08. The lowest BCUT2D eigenvalue weighted by Gasteiger charge is -2.05. The summed E-state index contributed by atoms with van der Waals surface area (Å²) in [6, 6.07) is 0. The average Bonchev–Trinajstić information content (AvgIpc) is 1.65. The smallest absolute Gasteiger partial charge is 0.0513 e. The molecule has 1 nitrogen and oxygen atoms in total. The Morgan fingerprint density at radius 1 is 1.83 bits per heavy atom. The molecule has 0 fully saturated rings. The van der Waals surface area contributed by atoms with Crippen LogP contribution in [0, 0.1) is 0 Å². The molecule has 0 aliphatic rings. The van der Waals surface area contributed by atoms with Gasteiger partial charge in [0.05, 0.1) is 5.88 Å². The second kappa shape index (κ2) is 3.84. The normalized spacial score (nSPS) is 10.0. The molecule has 0 aromatic carbocycles. The average molecular weight is 123 g/mol. The molecule has 0 radical (unpaired) electrons. The van der Waals surface area contributed by atoms with Crippen LogP contribution in [0.25, 0.3) is 0 Å². The molecule has 0 rings (SSSR count). The third kappa shape index (κ3) is 2.87. The van der Waals surface area contributed by atoms with Crippen molar-refractivity contribution >= 4 is 24.6 Å². The lowest BCUT2D eigenvalue weighted by molar-refractivity contribution is 0.682. The van der Waals surface area contributed by atoms with Gasteiger partial charge in [0.25, 0.3) is 0 Å². The van der Waals surface area contributed by atoms with Gasteiger partial charge in [-0.25, -0.2) is 4.31 Å². The Morgan fingerprint density at radius 2 is 2.33 bits per heavy atom. The van der Waals surface area contributed by atoms with Crippen LogP contribution in [0.2, 0.25) is 0 Å². The van der Waals surface area contributed by atoms with E-state index in [0.29, 0.717) is 0 Å². The van der Waals surface area contributed by atoms with E-state index in [2.05, 4.69) is 12.6 Å². The van der Waals surface area contributed by atoms with Crippen LogP contribution in [0.5, 0.6) is 0 Å². The van der Waals surface area contributed by atoms with Gasteiger partial charge in [-0.15, -0.1) is 0 Å². The van der Waals surface area contributed by atoms with E-state index >= 15 is 0 Å². The highest BCUT2D eigenvalue weighted by atomic mass is 32.2. The lowest BCUT2D eigenvalue weighted by atomic mass is 11.2. The summed E-state index contributed by atoms with van der Waals surface area (Å²) in [5.74, 6) is 0.821. The van der Waals surface area contributed by atoms with E-state index in [1.54, 1.807) is 11.9 Å². The van der Waals surface area contributed by atoms with Crippen LogP contribution in [-0.4, -0.2) is 23.5 Å². The van der Waals surface area contributed by atoms with Gasteiger partial charge in [0.1, 0.15) is 0 Å². The molecule has 3 heteroatoms. The van der Waals surface area contributed by atoms with Gasteiger partial charge in [0, 0.05) is 0 Å². The highest BCUT2D eigenvalue weighted by Gasteiger charge is 1.83. The van der Waals surface area contributed by atoms with Gasteiger partial charge in [0.15, 0.2) is 0 Å². The van der Waals surface area contributed by atoms with Crippen LogP contribution >= 0.6 is 24.6 Å². The molecule has 0 N–H and O–H groups in total.